The summed E-state index contributed by atoms with van der Waals surface area (Å²) in [7, 11) is 0.204. The van der Waals surface area contributed by atoms with Crippen molar-refractivity contribution in [3.8, 4) is 17.6 Å². The van der Waals surface area contributed by atoms with Crippen molar-refractivity contribution in [2.24, 2.45) is 0 Å². The number of amides is 2. The largest absolute Gasteiger partial charge is 0.494 e. The van der Waals surface area contributed by atoms with Crippen LogP contribution < -0.4 is 14.5 Å². The van der Waals surface area contributed by atoms with Crippen LogP contribution in [0.4, 0.5) is 16.2 Å². The highest BCUT2D eigenvalue weighted by atomic mass is 35.5. The van der Waals surface area contributed by atoms with Gasteiger partial charge in [0.25, 0.3) is 0 Å². The van der Waals surface area contributed by atoms with Crippen molar-refractivity contribution >= 4 is 55.3 Å². The molecule has 1 fully saturated rings. The summed E-state index contributed by atoms with van der Waals surface area (Å²) in [4.78, 5) is 31.8. The van der Waals surface area contributed by atoms with Gasteiger partial charge in [-0.15, -0.1) is 5.92 Å². The topological polar surface area (TPSA) is 65.6 Å². The third kappa shape index (κ3) is 8.23. The van der Waals surface area contributed by atoms with Gasteiger partial charge in [-0.1, -0.05) is 41.3 Å². The summed E-state index contributed by atoms with van der Waals surface area (Å²) in [6, 6.07) is 11.3. The molecule has 1 saturated heterocycles. The van der Waals surface area contributed by atoms with Crippen LogP contribution in [-0.4, -0.2) is 80.3 Å². The number of fused-ring (bicyclic) bond motifs is 1. The molecule has 0 bridgehead atoms. The average molecular weight is 634 g/mol. The number of benzene rings is 2. The second kappa shape index (κ2) is 15.7. The minimum atomic E-state index is -0.479. The Bertz CT molecular complexity index is 1310. The quantitative estimate of drug-likeness (QED) is 0.165. The lowest BCUT2D eigenvalue weighted by atomic mass is 10.0. The van der Waals surface area contributed by atoms with Gasteiger partial charge in [-0.2, -0.15) is 0 Å². The van der Waals surface area contributed by atoms with Crippen molar-refractivity contribution in [3.05, 3.63) is 52.0 Å². The Labute approximate surface area is 261 Å². The molecule has 0 aliphatic carbocycles. The second-order valence-electron chi connectivity index (χ2n) is 10.3. The maximum atomic E-state index is 12.8. The van der Waals surface area contributed by atoms with Gasteiger partial charge in [0.2, 0.25) is 5.91 Å². The Kier molecular flexibility index (Phi) is 12.0. The molecular formula is C31H39Cl2N4O4P. The van der Waals surface area contributed by atoms with Crippen LogP contribution in [-0.2, 0) is 16.0 Å². The normalized spacial score (nSPS) is 16.2. The molecule has 42 heavy (non-hydrogen) atoms. The highest BCUT2D eigenvalue weighted by Crippen LogP contribution is 2.34. The summed E-state index contributed by atoms with van der Waals surface area (Å²) in [5.74, 6) is 6.44. The van der Waals surface area contributed by atoms with E-state index in [1.165, 1.54) is 4.90 Å². The fourth-order valence-corrected chi connectivity index (χ4v) is 6.34. The van der Waals surface area contributed by atoms with E-state index >= 15 is 0 Å². The van der Waals surface area contributed by atoms with Gasteiger partial charge in [-0.05, 0) is 78.8 Å². The number of ether oxygens (including phenoxy) is 2. The Hall–Kier alpha value is -2.69. The number of aryl methyl sites for hydroxylation is 1. The van der Waals surface area contributed by atoms with E-state index in [9.17, 15) is 9.59 Å². The summed E-state index contributed by atoms with van der Waals surface area (Å²) in [6.07, 6.45) is 2.50. The number of anilines is 2. The van der Waals surface area contributed by atoms with Crippen molar-refractivity contribution < 1.29 is 19.1 Å². The fraction of sp³-hybridized carbons (Fsp3) is 0.484. The van der Waals surface area contributed by atoms with Crippen molar-refractivity contribution in [1.29, 1.82) is 0 Å². The molecular weight excluding hydrogens is 594 g/mol. The molecule has 8 nitrogen and oxygen atoms in total. The molecule has 2 aliphatic rings. The van der Waals surface area contributed by atoms with Gasteiger partial charge in [0.05, 0.1) is 34.1 Å². The van der Waals surface area contributed by atoms with Crippen LogP contribution in [0.2, 0.25) is 10.0 Å². The molecule has 2 atom stereocenters. The van der Waals surface area contributed by atoms with Crippen LogP contribution in [0.15, 0.2) is 36.4 Å². The summed E-state index contributed by atoms with van der Waals surface area (Å²) in [5, 5.41) is 1.21. The maximum absolute atomic E-state index is 12.8. The van der Waals surface area contributed by atoms with Gasteiger partial charge in [-0.3, -0.25) is 19.3 Å². The van der Waals surface area contributed by atoms with Crippen LogP contribution >= 0.6 is 31.9 Å². The van der Waals surface area contributed by atoms with E-state index in [1.54, 1.807) is 11.6 Å². The van der Waals surface area contributed by atoms with Gasteiger partial charge >= 0.3 is 6.09 Å². The predicted molar refractivity (Wildman–Crippen MR) is 172 cm³/mol. The third-order valence-electron chi connectivity index (χ3n) is 7.53. The van der Waals surface area contributed by atoms with Crippen LogP contribution in [0, 0.1) is 11.8 Å². The minimum absolute atomic E-state index is 0.0722. The zero-order valence-electron chi connectivity index (χ0n) is 24.5. The van der Waals surface area contributed by atoms with E-state index in [2.05, 4.69) is 21.6 Å². The Morgan fingerprint density at radius 3 is 2.62 bits per heavy atom. The summed E-state index contributed by atoms with van der Waals surface area (Å²) in [6.45, 7) is 10.7. The lowest BCUT2D eigenvalue weighted by molar-refractivity contribution is -0.119. The maximum Gasteiger partial charge on any atom is 0.415 e. The summed E-state index contributed by atoms with van der Waals surface area (Å²) >= 11 is 12.6. The predicted octanol–water partition coefficient (Wildman–Crippen LogP) is 6.29. The molecule has 0 radical (unpaired) electrons. The molecule has 4 rings (SSSR count). The van der Waals surface area contributed by atoms with E-state index in [0.717, 1.165) is 62.5 Å². The summed E-state index contributed by atoms with van der Waals surface area (Å²) < 4.78 is 13.2. The molecule has 0 saturated carbocycles. The molecule has 226 valence electrons. The number of hydrogen-bond donors (Lipinski definition) is 0. The minimum Gasteiger partial charge on any atom is -0.494 e. The number of carbonyl (C=O) groups is 2. The molecule has 11 heteroatoms. The molecule has 0 N–H and O–H groups in total. The Morgan fingerprint density at radius 1 is 1.10 bits per heavy atom. The first kappa shape index (κ1) is 32.2. The number of unbranched alkanes of at least 4 members (excludes halogenated alkanes) is 1. The van der Waals surface area contributed by atoms with Crippen LogP contribution in [0.5, 0.6) is 5.75 Å². The smallest absolute Gasteiger partial charge is 0.415 e. The monoisotopic (exact) mass is 632 g/mol. The van der Waals surface area contributed by atoms with E-state index in [4.69, 9.17) is 32.7 Å². The fourth-order valence-electron chi connectivity index (χ4n) is 5.23. The molecule has 2 aromatic carbocycles. The highest BCUT2D eigenvalue weighted by Gasteiger charge is 2.27. The molecule has 2 amide bonds. The van der Waals surface area contributed by atoms with Gasteiger partial charge in [-0.25, -0.2) is 4.79 Å². The lowest BCUT2D eigenvalue weighted by Crippen LogP contribution is -2.46. The highest BCUT2D eigenvalue weighted by molar-refractivity contribution is 7.35. The first-order chi connectivity index (χ1) is 20.3. The lowest BCUT2D eigenvalue weighted by Gasteiger charge is -2.36. The van der Waals surface area contributed by atoms with Gasteiger partial charge in [0.15, 0.2) is 6.73 Å². The average Bonchev–Trinajstić information content (AvgIpc) is 2.99. The number of hydrogen-bond acceptors (Lipinski definition) is 6. The van der Waals surface area contributed by atoms with Crippen molar-refractivity contribution in [3.63, 3.8) is 0 Å². The van der Waals surface area contributed by atoms with E-state index in [-0.39, 0.29) is 27.4 Å². The third-order valence-corrected chi connectivity index (χ3v) is 9.39. The molecule has 2 aromatic rings. The zero-order valence-corrected chi connectivity index (χ0v) is 27.0. The molecule has 2 heterocycles. The van der Waals surface area contributed by atoms with Crippen molar-refractivity contribution in [1.82, 2.24) is 9.57 Å². The van der Waals surface area contributed by atoms with Crippen molar-refractivity contribution in [2.75, 3.05) is 62.5 Å². The van der Waals surface area contributed by atoms with Crippen LogP contribution in [0.25, 0.3) is 0 Å². The molecule has 2 aliphatic heterocycles. The van der Waals surface area contributed by atoms with Gasteiger partial charge < -0.3 is 14.4 Å². The standard InChI is InChI=1S/C31H39Cl2N4O4P/c1-4-8-23(2)37(42-3)31(39)41-22-36-28-21-25(13-11-24(28)12-14-29(36)38)40-20-6-5-15-34-16-18-35(19-17-34)27-10-7-9-26(32)30(27)33/h7,9-11,13,21,23,42H,5-6,12,14-20,22H2,1-3H3. The van der Waals surface area contributed by atoms with Gasteiger partial charge in [0.1, 0.15) is 5.75 Å². The number of halogens is 2. The zero-order chi connectivity index (χ0) is 30.1. The number of carbonyl (C=O) groups excluding carboxylic acids is 2. The first-order valence-corrected chi connectivity index (χ1v) is 16.6. The number of nitrogens with zero attached hydrogens (tertiary/aromatic N) is 4. The molecule has 2 unspecified atom stereocenters. The SMILES string of the molecule is CC#CC(C)N(PC)C(=O)OCN1C(=O)CCc2ccc(OCCCCN3CCN(c4cccc(Cl)c4Cl)CC3)cc21. The van der Waals surface area contributed by atoms with E-state index in [0.29, 0.717) is 35.2 Å². The number of rotatable bonds is 11. The van der Waals surface area contributed by atoms with Gasteiger partial charge in [0, 0.05) is 38.7 Å². The van der Waals surface area contributed by atoms with E-state index < -0.39 is 6.09 Å². The second-order valence-corrected chi connectivity index (χ2v) is 12.0. The molecule has 0 aromatic heterocycles. The van der Waals surface area contributed by atoms with Crippen molar-refractivity contribution in [2.45, 2.75) is 45.6 Å². The van der Waals surface area contributed by atoms with Crippen LogP contribution in [0.3, 0.4) is 0 Å². The van der Waals surface area contributed by atoms with Crippen LogP contribution in [0.1, 0.15) is 38.7 Å². The first-order valence-electron chi connectivity index (χ1n) is 14.4. The molecule has 0 spiro atoms. The summed E-state index contributed by atoms with van der Waals surface area (Å²) in [5.41, 5.74) is 2.78. The Morgan fingerprint density at radius 2 is 1.88 bits per heavy atom. The Balaban J connectivity index is 1.23. The number of piperazine rings is 1. The van der Waals surface area contributed by atoms with E-state index in [1.807, 2.05) is 50.0 Å².